The fourth-order valence-corrected chi connectivity index (χ4v) is 3.29. The summed E-state index contributed by atoms with van der Waals surface area (Å²) in [5.41, 5.74) is 2.24. The van der Waals surface area contributed by atoms with Crippen molar-refractivity contribution in [2.75, 3.05) is 18.4 Å². The summed E-state index contributed by atoms with van der Waals surface area (Å²) in [6.45, 7) is 3.43. The smallest absolute Gasteiger partial charge is 0.321 e. The molecule has 4 rings (SSSR count). The van der Waals surface area contributed by atoms with Crippen LogP contribution >= 0.6 is 0 Å². The molecule has 0 aliphatic carbocycles. The normalized spacial score (nSPS) is 17.8. The SMILES string of the molecule is CCc1nc2cc(NC(=O)N3CCC[C@@H](c4ncc[nH]4)C3)ccc2o1. The maximum Gasteiger partial charge on any atom is 0.321 e. The van der Waals surface area contributed by atoms with Crippen molar-refractivity contribution in [1.82, 2.24) is 19.9 Å². The van der Waals surface area contributed by atoms with Crippen LogP contribution in [0, 0.1) is 0 Å². The van der Waals surface area contributed by atoms with Crippen molar-refractivity contribution >= 4 is 22.8 Å². The number of hydrogen-bond donors (Lipinski definition) is 2. The number of carbonyl (C=O) groups is 1. The summed E-state index contributed by atoms with van der Waals surface area (Å²) in [6.07, 6.45) is 6.35. The van der Waals surface area contributed by atoms with Gasteiger partial charge in [0.2, 0.25) is 0 Å². The molecule has 0 saturated carbocycles. The molecular formula is C18H21N5O2. The third-order valence-corrected chi connectivity index (χ3v) is 4.60. The quantitative estimate of drug-likeness (QED) is 0.764. The van der Waals surface area contributed by atoms with E-state index in [1.165, 1.54) is 0 Å². The number of H-pyrrole nitrogens is 1. The Kier molecular flexibility index (Phi) is 4.13. The van der Waals surface area contributed by atoms with E-state index in [1.807, 2.05) is 36.2 Å². The highest BCUT2D eigenvalue weighted by Gasteiger charge is 2.26. The summed E-state index contributed by atoms with van der Waals surface area (Å²) in [5.74, 6) is 1.92. The molecule has 7 heteroatoms. The van der Waals surface area contributed by atoms with Gasteiger partial charge in [0, 0.05) is 43.5 Å². The number of carbonyl (C=O) groups excluding carboxylic acids is 1. The summed E-state index contributed by atoms with van der Waals surface area (Å²) in [6, 6.07) is 5.46. The molecule has 3 aromatic rings. The lowest BCUT2D eigenvalue weighted by molar-refractivity contribution is 0.191. The Morgan fingerprint density at radius 3 is 3.20 bits per heavy atom. The van der Waals surface area contributed by atoms with Gasteiger partial charge in [-0.15, -0.1) is 0 Å². The first-order chi connectivity index (χ1) is 12.2. The van der Waals surface area contributed by atoms with Crippen LogP contribution in [0.1, 0.15) is 37.4 Å². The molecule has 7 nitrogen and oxygen atoms in total. The molecule has 0 unspecified atom stereocenters. The molecular weight excluding hydrogens is 318 g/mol. The number of aromatic amines is 1. The van der Waals surface area contributed by atoms with Gasteiger partial charge < -0.3 is 19.6 Å². The summed E-state index contributed by atoms with van der Waals surface area (Å²) in [5, 5.41) is 2.97. The average Bonchev–Trinajstić information content (AvgIpc) is 3.31. The minimum Gasteiger partial charge on any atom is -0.441 e. The number of nitrogens with one attached hydrogen (secondary N) is 2. The van der Waals surface area contributed by atoms with Crippen LogP contribution in [0.4, 0.5) is 10.5 Å². The van der Waals surface area contributed by atoms with Crippen LogP contribution in [0.15, 0.2) is 35.0 Å². The highest BCUT2D eigenvalue weighted by Crippen LogP contribution is 2.25. The van der Waals surface area contributed by atoms with E-state index < -0.39 is 0 Å². The summed E-state index contributed by atoms with van der Waals surface area (Å²) in [4.78, 5) is 26.4. The Bertz CT molecular complexity index is 871. The molecule has 1 atom stereocenters. The van der Waals surface area contributed by atoms with Gasteiger partial charge in [-0.05, 0) is 31.0 Å². The molecule has 1 aliphatic rings. The number of aryl methyl sites for hydroxylation is 1. The molecule has 1 fully saturated rings. The van der Waals surface area contributed by atoms with Crippen LogP contribution in [0.25, 0.3) is 11.1 Å². The third kappa shape index (κ3) is 3.22. The van der Waals surface area contributed by atoms with Gasteiger partial charge in [-0.3, -0.25) is 0 Å². The van der Waals surface area contributed by atoms with Crippen LogP contribution in [0.2, 0.25) is 0 Å². The molecule has 3 heterocycles. The largest absolute Gasteiger partial charge is 0.441 e. The number of anilines is 1. The molecule has 2 amide bonds. The molecule has 25 heavy (non-hydrogen) atoms. The van der Waals surface area contributed by atoms with E-state index in [2.05, 4.69) is 20.3 Å². The minimum atomic E-state index is -0.0881. The lowest BCUT2D eigenvalue weighted by Crippen LogP contribution is -2.41. The van der Waals surface area contributed by atoms with Crippen LogP contribution < -0.4 is 5.32 Å². The zero-order valence-corrected chi connectivity index (χ0v) is 14.2. The van der Waals surface area contributed by atoms with Gasteiger partial charge >= 0.3 is 6.03 Å². The molecule has 1 aliphatic heterocycles. The lowest BCUT2D eigenvalue weighted by Gasteiger charge is -2.31. The van der Waals surface area contributed by atoms with Gasteiger partial charge in [-0.1, -0.05) is 6.92 Å². The van der Waals surface area contributed by atoms with E-state index in [0.717, 1.165) is 48.4 Å². The Morgan fingerprint density at radius 1 is 1.48 bits per heavy atom. The van der Waals surface area contributed by atoms with Crippen molar-refractivity contribution in [3.63, 3.8) is 0 Å². The van der Waals surface area contributed by atoms with Gasteiger partial charge in [-0.25, -0.2) is 14.8 Å². The highest BCUT2D eigenvalue weighted by atomic mass is 16.3. The van der Waals surface area contributed by atoms with Crippen LogP contribution in [0.5, 0.6) is 0 Å². The van der Waals surface area contributed by atoms with Crippen molar-refractivity contribution in [1.29, 1.82) is 0 Å². The van der Waals surface area contributed by atoms with E-state index in [9.17, 15) is 4.79 Å². The first-order valence-electron chi connectivity index (χ1n) is 8.67. The molecule has 0 spiro atoms. The zero-order valence-electron chi connectivity index (χ0n) is 14.2. The standard InChI is InChI=1S/C18H21N5O2/c1-2-16-22-14-10-13(5-6-15(14)25-16)21-18(24)23-9-3-4-12(11-23)17-19-7-8-20-17/h5-8,10,12H,2-4,9,11H2,1H3,(H,19,20)(H,21,24)/t12-/m1/s1. The first kappa shape index (κ1) is 15.7. The Labute approximate surface area is 145 Å². The number of hydrogen-bond acceptors (Lipinski definition) is 4. The summed E-state index contributed by atoms with van der Waals surface area (Å²) in [7, 11) is 0. The monoisotopic (exact) mass is 339 g/mol. The van der Waals surface area contributed by atoms with E-state index in [-0.39, 0.29) is 11.9 Å². The van der Waals surface area contributed by atoms with Crippen molar-refractivity contribution in [3.05, 3.63) is 42.3 Å². The van der Waals surface area contributed by atoms with Crippen molar-refractivity contribution in [2.24, 2.45) is 0 Å². The average molecular weight is 339 g/mol. The summed E-state index contributed by atoms with van der Waals surface area (Å²) >= 11 is 0. The predicted octanol–water partition coefficient (Wildman–Crippen LogP) is 3.52. The maximum atomic E-state index is 12.6. The number of urea groups is 1. The fourth-order valence-electron chi connectivity index (χ4n) is 3.29. The number of nitrogens with zero attached hydrogens (tertiary/aromatic N) is 3. The zero-order chi connectivity index (χ0) is 17.2. The number of benzene rings is 1. The van der Waals surface area contributed by atoms with Crippen molar-refractivity contribution in [2.45, 2.75) is 32.1 Å². The van der Waals surface area contributed by atoms with Crippen molar-refractivity contribution in [3.8, 4) is 0 Å². The molecule has 2 N–H and O–H groups in total. The number of aromatic nitrogens is 3. The Hall–Kier alpha value is -2.83. The molecule has 0 bridgehead atoms. The predicted molar refractivity (Wildman–Crippen MR) is 94.5 cm³/mol. The first-order valence-corrected chi connectivity index (χ1v) is 8.67. The third-order valence-electron chi connectivity index (χ3n) is 4.60. The van der Waals surface area contributed by atoms with Gasteiger partial charge in [0.15, 0.2) is 11.5 Å². The number of imidazole rings is 1. The second kappa shape index (κ2) is 6.58. The molecule has 1 aromatic carbocycles. The van der Waals surface area contributed by atoms with Crippen LogP contribution in [-0.4, -0.2) is 39.0 Å². The number of likely N-dealkylation sites (tertiary alicyclic amines) is 1. The van der Waals surface area contributed by atoms with Gasteiger partial charge in [0.25, 0.3) is 0 Å². The summed E-state index contributed by atoms with van der Waals surface area (Å²) < 4.78 is 5.60. The van der Waals surface area contributed by atoms with Crippen molar-refractivity contribution < 1.29 is 9.21 Å². The number of piperidine rings is 1. The number of amides is 2. The van der Waals surface area contributed by atoms with Gasteiger partial charge in [0.05, 0.1) is 0 Å². The van der Waals surface area contributed by atoms with E-state index in [4.69, 9.17) is 4.42 Å². The second-order valence-corrected chi connectivity index (χ2v) is 6.33. The van der Waals surface area contributed by atoms with E-state index in [0.29, 0.717) is 12.4 Å². The van der Waals surface area contributed by atoms with Gasteiger partial charge in [-0.2, -0.15) is 0 Å². The Morgan fingerprint density at radius 2 is 2.40 bits per heavy atom. The van der Waals surface area contributed by atoms with Crippen LogP contribution in [0.3, 0.4) is 0 Å². The maximum absolute atomic E-state index is 12.6. The molecule has 1 saturated heterocycles. The highest BCUT2D eigenvalue weighted by molar-refractivity contribution is 5.91. The fraction of sp³-hybridized carbons (Fsp3) is 0.389. The molecule has 0 radical (unpaired) electrons. The molecule has 130 valence electrons. The van der Waals surface area contributed by atoms with Crippen LogP contribution in [-0.2, 0) is 6.42 Å². The topological polar surface area (TPSA) is 87.0 Å². The number of oxazole rings is 1. The van der Waals surface area contributed by atoms with E-state index in [1.54, 1.807) is 6.20 Å². The number of rotatable bonds is 3. The molecule has 2 aromatic heterocycles. The van der Waals surface area contributed by atoms with Gasteiger partial charge in [0.1, 0.15) is 11.3 Å². The van der Waals surface area contributed by atoms with E-state index >= 15 is 0 Å². The lowest BCUT2D eigenvalue weighted by atomic mass is 9.98. The minimum absolute atomic E-state index is 0.0881. The Balaban J connectivity index is 1.45. The second-order valence-electron chi connectivity index (χ2n) is 6.33. The number of fused-ring (bicyclic) bond motifs is 1.